The summed E-state index contributed by atoms with van der Waals surface area (Å²) < 4.78 is 0. The van der Waals surface area contributed by atoms with E-state index in [1.54, 1.807) is 24.3 Å². The van der Waals surface area contributed by atoms with Crippen molar-refractivity contribution in [1.29, 1.82) is 0 Å². The van der Waals surface area contributed by atoms with E-state index < -0.39 is 12.6 Å². The van der Waals surface area contributed by atoms with Crippen LogP contribution >= 0.6 is 23.2 Å². The van der Waals surface area contributed by atoms with E-state index in [2.05, 4.69) is 5.16 Å². The van der Waals surface area contributed by atoms with E-state index in [-0.39, 0.29) is 0 Å². The van der Waals surface area contributed by atoms with E-state index in [1.165, 1.54) is 0 Å². The number of oxime groups is 1. The summed E-state index contributed by atoms with van der Waals surface area (Å²) in [4.78, 5) is 15.4. The Kier molecular flexibility index (Phi) is 3.57. The zero-order chi connectivity index (χ0) is 15.0. The summed E-state index contributed by atoms with van der Waals surface area (Å²) in [7, 11) is 0. The molecule has 2 aromatic rings. The average Bonchev–Trinajstić information content (AvgIpc) is 2.71. The van der Waals surface area contributed by atoms with Crippen molar-refractivity contribution in [2.75, 3.05) is 6.61 Å². The van der Waals surface area contributed by atoms with Gasteiger partial charge in [-0.2, -0.15) is 0 Å². The van der Waals surface area contributed by atoms with Crippen LogP contribution in [0.2, 0.25) is 10.0 Å². The van der Waals surface area contributed by atoms with Gasteiger partial charge in [-0.3, -0.25) is 0 Å². The number of aliphatic carboxylic acids is 1. The van der Waals surface area contributed by atoms with Crippen molar-refractivity contribution in [3.63, 3.8) is 0 Å². The van der Waals surface area contributed by atoms with Crippen molar-refractivity contribution in [1.82, 2.24) is 0 Å². The molecular weight excluding hydrogens is 313 g/mol. The maximum Gasteiger partial charge on any atom is 0.344 e. The normalized spacial score (nSPS) is 11.8. The van der Waals surface area contributed by atoms with Crippen molar-refractivity contribution in [2.45, 2.75) is 0 Å². The molecular formula is C15H9Cl2NO3. The van der Waals surface area contributed by atoms with Crippen molar-refractivity contribution in [2.24, 2.45) is 5.16 Å². The van der Waals surface area contributed by atoms with Crippen LogP contribution in [-0.2, 0) is 9.63 Å². The lowest BCUT2D eigenvalue weighted by molar-refractivity contribution is -0.142. The molecule has 0 unspecified atom stereocenters. The molecule has 0 fully saturated rings. The van der Waals surface area contributed by atoms with Crippen LogP contribution in [0.15, 0.2) is 41.6 Å². The lowest BCUT2D eigenvalue weighted by Gasteiger charge is -2.02. The molecule has 1 N–H and O–H groups in total. The highest BCUT2D eigenvalue weighted by Crippen LogP contribution is 2.39. The highest BCUT2D eigenvalue weighted by Gasteiger charge is 2.26. The van der Waals surface area contributed by atoms with Crippen molar-refractivity contribution in [3.8, 4) is 11.1 Å². The predicted molar refractivity (Wildman–Crippen MR) is 81.1 cm³/mol. The van der Waals surface area contributed by atoms with E-state index in [0.717, 1.165) is 22.3 Å². The number of hydrogen-bond acceptors (Lipinski definition) is 3. The second-order valence-corrected chi connectivity index (χ2v) is 5.36. The van der Waals surface area contributed by atoms with Crippen LogP contribution in [0.4, 0.5) is 0 Å². The van der Waals surface area contributed by atoms with Gasteiger partial charge < -0.3 is 9.94 Å². The Morgan fingerprint density at radius 1 is 1.00 bits per heavy atom. The van der Waals surface area contributed by atoms with Crippen molar-refractivity contribution >= 4 is 34.9 Å². The van der Waals surface area contributed by atoms with Gasteiger partial charge in [0.1, 0.15) is 5.71 Å². The number of fused-ring (bicyclic) bond motifs is 3. The predicted octanol–water partition coefficient (Wildman–Crippen LogP) is 3.83. The quantitative estimate of drug-likeness (QED) is 0.746. The van der Waals surface area contributed by atoms with Crippen molar-refractivity contribution < 1.29 is 14.7 Å². The minimum atomic E-state index is -1.09. The van der Waals surface area contributed by atoms with E-state index in [9.17, 15) is 4.79 Å². The third-order valence-electron chi connectivity index (χ3n) is 3.11. The molecule has 0 bridgehead atoms. The highest BCUT2D eigenvalue weighted by atomic mass is 35.5. The fourth-order valence-corrected chi connectivity index (χ4v) is 2.63. The van der Waals surface area contributed by atoms with Crippen LogP contribution < -0.4 is 0 Å². The number of carboxylic acid groups (broad SMARTS) is 1. The van der Waals surface area contributed by atoms with Crippen LogP contribution in [-0.4, -0.2) is 23.4 Å². The minimum Gasteiger partial charge on any atom is -0.479 e. The van der Waals surface area contributed by atoms with Gasteiger partial charge in [0.05, 0.1) is 0 Å². The molecule has 21 heavy (non-hydrogen) atoms. The molecule has 0 spiro atoms. The Bertz CT molecular complexity index is 718. The van der Waals surface area contributed by atoms with E-state index in [0.29, 0.717) is 15.8 Å². The maximum absolute atomic E-state index is 10.5. The lowest BCUT2D eigenvalue weighted by Crippen LogP contribution is -2.06. The summed E-state index contributed by atoms with van der Waals surface area (Å²) in [6.45, 7) is -0.505. The summed E-state index contributed by atoms with van der Waals surface area (Å²) in [5.74, 6) is -1.09. The molecule has 1 aliphatic rings. The van der Waals surface area contributed by atoms with E-state index in [4.69, 9.17) is 33.1 Å². The molecule has 0 amide bonds. The van der Waals surface area contributed by atoms with Gasteiger partial charge in [0.15, 0.2) is 0 Å². The van der Waals surface area contributed by atoms with Gasteiger partial charge in [0.2, 0.25) is 6.61 Å². The zero-order valence-electron chi connectivity index (χ0n) is 10.6. The van der Waals surface area contributed by atoms with E-state index in [1.807, 2.05) is 12.1 Å². The third kappa shape index (κ3) is 2.60. The number of hydrogen-bond donors (Lipinski definition) is 1. The first kappa shape index (κ1) is 13.9. The van der Waals surface area contributed by atoms with Gasteiger partial charge in [-0.25, -0.2) is 4.79 Å². The fraction of sp³-hybridized carbons (Fsp3) is 0.0667. The average molecular weight is 322 g/mol. The lowest BCUT2D eigenvalue weighted by atomic mass is 10.1. The Morgan fingerprint density at radius 2 is 1.52 bits per heavy atom. The van der Waals surface area contributed by atoms with Crippen LogP contribution in [0.5, 0.6) is 0 Å². The number of halogens is 2. The minimum absolute atomic E-state index is 0.505. The van der Waals surface area contributed by atoms with Crippen molar-refractivity contribution in [3.05, 3.63) is 57.6 Å². The molecule has 0 aromatic heterocycles. The SMILES string of the molecule is O=C(O)CON=C1c2cc(Cl)ccc2-c2ccc(Cl)cc21. The first-order chi connectivity index (χ1) is 10.1. The Morgan fingerprint density at radius 3 is 2.00 bits per heavy atom. The topological polar surface area (TPSA) is 58.9 Å². The van der Waals surface area contributed by atoms with Gasteiger partial charge in [0.25, 0.3) is 0 Å². The molecule has 0 radical (unpaired) electrons. The zero-order valence-corrected chi connectivity index (χ0v) is 12.1. The molecule has 3 rings (SSSR count). The third-order valence-corrected chi connectivity index (χ3v) is 3.58. The van der Waals surface area contributed by atoms with Crippen LogP contribution in [0.3, 0.4) is 0 Å². The Labute approximate surface area is 130 Å². The number of carbonyl (C=O) groups is 1. The summed E-state index contributed by atoms with van der Waals surface area (Å²) in [6.07, 6.45) is 0. The molecule has 6 heteroatoms. The second-order valence-electron chi connectivity index (χ2n) is 4.49. The number of nitrogens with zero attached hydrogens (tertiary/aromatic N) is 1. The standard InChI is InChI=1S/C15H9Cl2NO3/c16-8-1-3-10-11-4-2-9(17)6-13(11)15(12(10)5-8)18-21-7-14(19)20/h1-6H,7H2,(H,19,20). The Balaban J connectivity index is 2.13. The van der Waals surface area contributed by atoms with Gasteiger partial charge in [-0.05, 0) is 35.4 Å². The van der Waals surface area contributed by atoms with Gasteiger partial charge in [-0.15, -0.1) is 0 Å². The first-order valence-electron chi connectivity index (χ1n) is 6.08. The van der Waals surface area contributed by atoms with Crippen LogP contribution in [0.1, 0.15) is 11.1 Å². The highest BCUT2D eigenvalue weighted by molar-refractivity contribution is 6.34. The molecule has 0 atom stereocenters. The fourth-order valence-electron chi connectivity index (χ4n) is 2.29. The van der Waals surface area contributed by atoms with Gasteiger partial charge >= 0.3 is 5.97 Å². The molecule has 0 saturated carbocycles. The molecule has 2 aromatic carbocycles. The number of rotatable bonds is 3. The summed E-state index contributed by atoms with van der Waals surface area (Å²) in [5, 5.41) is 13.7. The van der Waals surface area contributed by atoms with E-state index >= 15 is 0 Å². The smallest absolute Gasteiger partial charge is 0.344 e. The summed E-state index contributed by atoms with van der Waals surface area (Å²) in [5.41, 5.74) is 4.05. The first-order valence-corrected chi connectivity index (χ1v) is 6.84. The Hall–Kier alpha value is -2.04. The number of benzene rings is 2. The molecule has 0 saturated heterocycles. The maximum atomic E-state index is 10.5. The van der Waals surface area contributed by atoms with Gasteiger partial charge in [0, 0.05) is 21.2 Å². The van der Waals surface area contributed by atoms with Crippen LogP contribution in [0.25, 0.3) is 11.1 Å². The summed E-state index contributed by atoms with van der Waals surface area (Å²) >= 11 is 12.1. The molecule has 0 heterocycles. The molecule has 0 aliphatic heterocycles. The summed E-state index contributed by atoms with van der Waals surface area (Å²) in [6, 6.07) is 10.9. The largest absolute Gasteiger partial charge is 0.479 e. The number of carboxylic acids is 1. The van der Waals surface area contributed by atoms with Crippen LogP contribution in [0, 0.1) is 0 Å². The van der Waals surface area contributed by atoms with Gasteiger partial charge in [-0.1, -0.05) is 40.5 Å². The molecule has 1 aliphatic carbocycles. The second kappa shape index (κ2) is 5.39. The molecule has 106 valence electrons. The molecule has 4 nitrogen and oxygen atoms in total. The monoisotopic (exact) mass is 321 g/mol.